The highest BCUT2D eigenvalue weighted by Gasteiger charge is 2.26. The molecular formula is C24H29N7O3. The summed E-state index contributed by atoms with van der Waals surface area (Å²) in [5.74, 6) is 0.830. The Labute approximate surface area is 197 Å². The average Bonchev–Trinajstić information content (AvgIpc) is 3.51. The van der Waals surface area contributed by atoms with Gasteiger partial charge in [0, 0.05) is 32.1 Å². The fraction of sp³-hybridized carbons (Fsp3) is 0.417. The molecule has 1 aliphatic heterocycles. The van der Waals surface area contributed by atoms with Gasteiger partial charge in [0.25, 0.3) is 0 Å². The quantitative estimate of drug-likeness (QED) is 0.458. The van der Waals surface area contributed by atoms with Crippen molar-refractivity contribution in [1.29, 1.82) is 0 Å². The van der Waals surface area contributed by atoms with E-state index in [0.717, 1.165) is 29.3 Å². The minimum Gasteiger partial charge on any atom is -0.443 e. The monoisotopic (exact) mass is 463 g/mol. The van der Waals surface area contributed by atoms with Gasteiger partial charge in [0.15, 0.2) is 5.65 Å². The standard InChI is InChI=1S/C24H29N7O3/c1-16-15-33-12-11-29(16)21-13-20(19-8-9-25-28(19)5)31-22(27-21)17(14-26-31)18-7-6-10-30(18)23(32)34-24(2,3)4/h6-10,13-14,16H,11-12,15H2,1-5H3/t16-/m1/s1. The van der Waals surface area contributed by atoms with Crippen LogP contribution in [0.5, 0.6) is 0 Å². The SMILES string of the molecule is C[C@@H]1COCCN1c1cc(-c2ccnn2C)n2ncc(-c3cccn3C(=O)OC(C)(C)C)c2n1. The van der Waals surface area contributed by atoms with Gasteiger partial charge in [-0.15, -0.1) is 0 Å². The molecule has 10 heteroatoms. The lowest BCUT2D eigenvalue weighted by molar-refractivity contribution is 0.0540. The van der Waals surface area contributed by atoms with Crippen LogP contribution in [0.2, 0.25) is 0 Å². The van der Waals surface area contributed by atoms with Gasteiger partial charge in [0.1, 0.15) is 11.4 Å². The molecule has 0 unspecified atom stereocenters. The molecule has 1 saturated heterocycles. The second-order valence-corrected chi connectivity index (χ2v) is 9.49. The lowest BCUT2D eigenvalue weighted by Gasteiger charge is -2.34. The molecule has 4 aromatic heterocycles. The number of hydrogen-bond donors (Lipinski definition) is 0. The van der Waals surface area contributed by atoms with Crippen molar-refractivity contribution < 1.29 is 14.3 Å². The fourth-order valence-corrected chi connectivity index (χ4v) is 4.22. The third kappa shape index (κ3) is 3.94. The highest BCUT2D eigenvalue weighted by atomic mass is 16.6. The van der Waals surface area contributed by atoms with Crippen molar-refractivity contribution in [2.24, 2.45) is 7.05 Å². The summed E-state index contributed by atoms with van der Waals surface area (Å²) in [7, 11) is 1.90. The second-order valence-electron chi connectivity index (χ2n) is 9.49. The maximum atomic E-state index is 12.9. The smallest absolute Gasteiger partial charge is 0.418 e. The third-order valence-corrected chi connectivity index (χ3v) is 5.82. The molecule has 0 spiro atoms. The van der Waals surface area contributed by atoms with Crippen LogP contribution >= 0.6 is 0 Å². The van der Waals surface area contributed by atoms with Crippen LogP contribution in [0.3, 0.4) is 0 Å². The summed E-state index contributed by atoms with van der Waals surface area (Å²) in [5, 5.41) is 9.00. The van der Waals surface area contributed by atoms with Gasteiger partial charge < -0.3 is 14.4 Å². The third-order valence-electron chi connectivity index (χ3n) is 5.82. The lowest BCUT2D eigenvalue weighted by Crippen LogP contribution is -2.44. The summed E-state index contributed by atoms with van der Waals surface area (Å²) in [6.07, 6.45) is 4.75. The molecule has 1 fully saturated rings. The number of carbonyl (C=O) groups is 1. The van der Waals surface area contributed by atoms with E-state index in [2.05, 4.69) is 22.0 Å². The first-order chi connectivity index (χ1) is 16.2. The van der Waals surface area contributed by atoms with E-state index in [-0.39, 0.29) is 6.04 Å². The minimum atomic E-state index is -0.607. The van der Waals surface area contributed by atoms with Gasteiger partial charge in [-0.2, -0.15) is 10.2 Å². The predicted molar refractivity (Wildman–Crippen MR) is 128 cm³/mol. The van der Waals surface area contributed by atoms with Crippen LogP contribution < -0.4 is 4.90 Å². The zero-order chi connectivity index (χ0) is 24.0. The number of hydrogen-bond acceptors (Lipinski definition) is 7. The molecule has 0 saturated carbocycles. The Morgan fingerprint density at radius 3 is 2.71 bits per heavy atom. The molecule has 0 N–H and O–H groups in total. The highest BCUT2D eigenvalue weighted by Crippen LogP contribution is 2.32. The number of nitrogens with zero attached hydrogens (tertiary/aromatic N) is 7. The van der Waals surface area contributed by atoms with E-state index in [4.69, 9.17) is 14.5 Å². The lowest BCUT2D eigenvalue weighted by atomic mass is 10.2. The topological polar surface area (TPSA) is 91.7 Å². The first-order valence-corrected chi connectivity index (χ1v) is 11.4. The Balaban J connectivity index is 1.69. The Bertz CT molecular complexity index is 1340. The summed E-state index contributed by atoms with van der Waals surface area (Å²) in [4.78, 5) is 20.1. The summed E-state index contributed by atoms with van der Waals surface area (Å²) >= 11 is 0. The van der Waals surface area contributed by atoms with E-state index in [9.17, 15) is 4.79 Å². The number of anilines is 1. The van der Waals surface area contributed by atoms with Crippen molar-refractivity contribution in [3.05, 3.63) is 42.9 Å². The number of ether oxygens (including phenoxy) is 2. The van der Waals surface area contributed by atoms with Crippen LogP contribution in [0.25, 0.3) is 28.3 Å². The number of carbonyl (C=O) groups excluding carboxylic acids is 1. The van der Waals surface area contributed by atoms with E-state index < -0.39 is 11.7 Å². The van der Waals surface area contributed by atoms with Crippen LogP contribution in [0, 0.1) is 0 Å². The Hall–Kier alpha value is -3.66. The first-order valence-electron chi connectivity index (χ1n) is 11.4. The Morgan fingerprint density at radius 2 is 2.00 bits per heavy atom. The maximum absolute atomic E-state index is 12.9. The molecule has 5 heterocycles. The first kappa shape index (κ1) is 22.1. The normalized spacial score (nSPS) is 16.9. The molecule has 10 nitrogen and oxygen atoms in total. The second kappa shape index (κ2) is 8.28. The van der Waals surface area contributed by atoms with Gasteiger partial charge in [0.2, 0.25) is 0 Å². The predicted octanol–water partition coefficient (Wildman–Crippen LogP) is 3.61. The van der Waals surface area contributed by atoms with Crippen LogP contribution in [-0.4, -0.2) is 66.4 Å². The molecule has 0 amide bonds. The van der Waals surface area contributed by atoms with Crippen LogP contribution in [0.1, 0.15) is 27.7 Å². The van der Waals surface area contributed by atoms with Crippen LogP contribution in [-0.2, 0) is 16.5 Å². The van der Waals surface area contributed by atoms with Crippen molar-refractivity contribution in [3.8, 4) is 22.6 Å². The van der Waals surface area contributed by atoms with Crippen LogP contribution in [0.4, 0.5) is 10.6 Å². The van der Waals surface area contributed by atoms with Crippen molar-refractivity contribution in [2.45, 2.75) is 39.3 Å². The molecule has 1 atom stereocenters. The average molecular weight is 464 g/mol. The molecule has 178 valence electrons. The maximum Gasteiger partial charge on any atom is 0.418 e. The van der Waals surface area contributed by atoms with Crippen molar-refractivity contribution in [1.82, 2.24) is 28.9 Å². The number of morpholine rings is 1. The van der Waals surface area contributed by atoms with Gasteiger partial charge in [-0.25, -0.2) is 14.3 Å². The summed E-state index contributed by atoms with van der Waals surface area (Å²) < 4.78 is 16.4. The zero-order valence-electron chi connectivity index (χ0n) is 20.1. The van der Waals surface area contributed by atoms with Gasteiger partial charge in [-0.3, -0.25) is 9.25 Å². The molecule has 34 heavy (non-hydrogen) atoms. The van der Waals surface area contributed by atoms with Gasteiger partial charge in [-0.05, 0) is 45.9 Å². The van der Waals surface area contributed by atoms with Crippen LogP contribution in [0.15, 0.2) is 42.9 Å². The van der Waals surface area contributed by atoms with Gasteiger partial charge in [-0.1, -0.05) is 0 Å². The summed E-state index contributed by atoms with van der Waals surface area (Å²) in [6.45, 7) is 9.70. The number of aryl methyl sites for hydroxylation is 1. The molecule has 0 bridgehead atoms. The number of fused-ring (bicyclic) bond motifs is 1. The van der Waals surface area contributed by atoms with Crippen molar-refractivity contribution in [2.75, 3.05) is 24.7 Å². The molecule has 1 aliphatic rings. The van der Waals surface area contributed by atoms with Crippen molar-refractivity contribution in [3.63, 3.8) is 0 Å². The van der Waals surface area contributed by atoms with Gasteiger partial charge in [0.05, 0.1) is 48.1 Å². The summed E-state index contributed by atoms with van der Waals surface area (Å²) in [6, 6.07) is 7.86. The number of rotatable bonds is 3. The highest BCUT2D eigenvalue weighted by molar-refractivity contribution is 5.85. The Morgan fingerprint density at radius 1 is 1.18 bits per heavy atom. The molecule has 0 radical (unpaired) electrons. The molecule has 5 rings (SSSR count). The van der Waals surface area contributed by atoms with E-state index in [1.54, 1.807) is 23.1 Å². The molecule has 4 aromatic rings. The van der Waals surface area contributed by atoms with Gasteiger partial charge >= 0.3 is 6.09 Å². The molecule has 0 aliphatic carbocycles. The number of aromatic nitrogens is 6. The Kier molecular flexibility index (Phi) is 5.40. The minimum absolute atomic E-state index is 0.181. The molecule has 0 aromatic carbocycles. The van der Waals surface area contributed by atoms with E-state index >= 15 is 0 Å². The van der Waals surface area contributed by atoms with Crippen molar-refractivity contribution >= 4 is 17.6 Å². The fourth-order valence-electron chi connectivity index (χ4n) is 4.22. The van der Waals surface area contributed by atoms with E-state index in [1.165, 1.54) is 4.57 Å². The zero-order valence-corrected chi connectivity index (χ0v) is 20.1. The van der Waals surface area contributed by atoms with E-state index in [0.29, 0.717) is 24.6 Å². The molecular weight excluding hydrogens is 434 g/mol. The largest absolute Gasteiger partial charge is 0.443 e. The summed E-state index contributed by atoms with van der Waals surface area (Å²) in [5.41, 5.74) is 3.22. The van der Waals surface area contributed by atoms with E-state index in [1.807, 2.05) is 56.8 Å².